The molecule has 1 unspecified atom stereocenters. The van der Waals surface area contributed by atoms with Crippen molar-refractivity contribution in [2.45, 2.75) is 32.3 Å². The van der Waals surface area contributed by atoms with Gasteiger partial charge in [0.05, 0.1) is 13.2 Å². The number of amides is 1. The molecule has 0 spiro atoms. The highest BCUT2D eigenvalue weighted by atomic mass is 16.5. The zero-order chi connectivity index (χ0) is 16.5. The SMILES string of the molecule is CC(C)(C)c1cc(C(=O)N2CCOC(C(=O)O)C2)ccc1O. The van der Waals surface area contributed by atoms with Crippen molar-refractivity contribution in [3.8, 4) is 5.75 Å². The fraction of sp³-hybridized carbons (Fsp3) is 0.500. The summed E-state index contributed by atoms with van der Waals surface area (Å²) in [6.45, 7) is 6.43. The monoisotopic (exact) mass is 307 g/mol. The molecule has 22 heavy (non-hydrogen) atoms. The van der Waals surface area contributed by atoms with Crippen molar-refractivity contribution in [3.05, 3.63) is 29.3 Å². The molecule has 1 amide bonds. The van der Waals surface area contributed by atoms with Crippen LogP contribution in [0, 0.1) is 0 Å². The lowest BCUT2D eigenvalue weighted by molar-refractivity contribution is -0.154. The van der Waals surface area contributed by atoms with Crippen LogP contribution >= 0.6 is 0 Å². The second-order valence-corrected chi connectivity index (χ2v) is 6.43. The summed E-state index contributed by atoms with van der Waals surface area (Å²) in [4.78, 5) is 25.0. The van der Waals surface area contributed by atoms with Crippen LogP contribution in [0.1, 0.15) is 36.7 Å². The van der Waals surface area contributed by atoms with Gasteiger partial charge in [-0.3, -0.25) is 4.79 Å². The van der Waals surface area contributed by atoms with Crippen LogP contribution < -0.4 is 0 Å². The van der Waals surface area contributed by atoms with E-state index in [0.717, 1.165) is 0 Å². The summed E-state index contributed by atoms with van der Waals surface area (Å²) >= 11 is 0. The Hall–Kier alpha value is -2.08. The van der Waals surface area contributed by atoms with E-state index >= 15 is 0 Å². The summed E-state index contributed by atoms with van der Waals surface area (Å²) in [5.41, 5.74) is 0.824. The Morgan fingerprint density at radius 3 is 2.59 bits per heavy atom. The van der Waals surface area contributed by atoms with E-state index in [1.165, 1.54) is 11.0 Å². The molecule has 2 rings (SSSR count). The number of hydrogen-bond acceptors (Lipinski definition) is 4. The molecule has 0 saturated carbocycles. The lowest BCUT2D eigenvalue weighted by atomic mass is 9.85. The second-order valence-electron chi connectivity index (χ2n) is 6.43. The highest BCUT2D eigenvalue weighted by molar-refractivity contribution is 5.95. The summed E-state index contributed by atoms with van der Waals surface area (Å²) in [7, 11) is 0. The number of nitrogens with zero attached hydrogens (tertiary/aromatic N) is 1. The smallest absolute Gasteiger partial charge is 0.334 e. The Balaban J connectivity index is 2.24. The Morgan fingerprint density at radius 1 is 1.32 bits per heavy atom. The first-order valence-electron chi connectivity index (χ1n) is 7.17. The summed E-state index contributed by atoms with van der Waals surface area (Å²) < 4.78 is 5.12. The van der Waals surface area contributed by atoms with Gasteiger partial charge < -0.3 is 19.8 Å². The van der Waals surface area contributed by atoms with Gasteiger partial charge in [-0.1, -0.05) is 20.8 Å². The number of carboxylic acid groups (broad SMARTS) is 1. The van der Waals surface area contributed by atoms with Gasteiger partial charge in [-0.25, -0.2) is 4.79 Å². The minimum absolute atomic E-state index is 0.0277. The molecule has 0 radical (unpaired) electrons. The lowest BCUT2D eigenvalue weighted by Crippen LogP contribution is -2.48. The third-order valence-electron chi connectivity index (χ3n) is 3.68. The third-order valence-corrected chi connectivity index (χ3v) is 3.68. The number of phenols is 1. The topological polar surface area (TPSA) is 87.1 Å². The number of carbonyl (C=O) groups is 2. The number of phenolic OH excluding ortho intramolecular Hbond substituents is 1. The molecule has 1 saturated heterocycles. The molecule has 0 aliphatic carbocycles. The fourth-order valence-electron chi connectivity index (χ4n) is 2.44. The number of aromatic hydroxyl groups is 1. The number of rotatable bonds is 2. The molecule has 120 valence electrons. The van der Waals surface area contributed by atoms with Gasteiger partial charge in [-0.15, -0.1) is 0 Å². The van der Waals surface area contributed by atoms with Crippen LogP contribution in [-0.2, 0) is 14.9 Å². The molecule has 1 heterocycles. The number of carbonyl (C=O) groups excluding carboxylic acids is 1. The summed E-state index contributed by atoms with van der Waals surface area (Å²) in [5, 5.41) is 19.0. The number of benzene rings is 1. The van der Waals surface area contributed by atoms with Gasteiger partial charge in [0.25, 0.3) is 5.91 Å². The van der Waals surface area contributed by atoms with Crippen LogP contribution in [0.15, 0.2) is 18.2 Å². The molecule has 1 aliphatic rings. The normalized spacial score (nSPS) is 19.0. The van der Waals surface area contributed by atoms with Crippen LogP contribution in [0.3, 0.4) is 0 Å². The zero-order valence-corrected chi connectivity index (χ0v) is 13.0. The van der Waals surface area contributed by atoms with E-state index in [-0.39, 0.29) is 30.2 Å². The minimum atomic E-state index is -1.07. The number of morpholine rings is 1. The summed E-state index contributed by atoms with van der Waals surface area (Å²) in [5.74, 6) is -1.17. The molecule has 6 heteroatoms. The first-order valence-corrected chi connectivity index (χ1v) is 7.17. The maximum absolute atomic E-state index is 12.6. The molecule has 1 aromatic carbocycles. The Morgan fingerprint density at radius 2 is 2.00 bits per heavy atom. The molecule has 0 bridgehead atoms. The molecule has 1 aromatic rings. The quantitative estimate of drug-likeness (QED) is 0.867. The molecule has 0 aromatic heterocycles. The van der Waals surface area contributed by atoms with E-state index in [1.807, 2.05) is 20.8 Å². The van der Waals surface area contributed by atoms with E-state index in [4.69, 9.17) is 9.84 Å². The molecule has 2 N–H and O–H groups in total. The largest absolute Gasteiger partial charge is 0.508 e. The van der Waals surface area contributed by atoms with Crippen LogP contribution in [0.5, 0.6) is 5.75 Å². The van der Waals surface area contributed by atoms with E-state index in [2.05, 4.69) is 0 Å². The number of carboxylic acids is 1. The first kappa shape index (κ1) is 16.3. The molecule has 6 nitrogen and oxygen atoms in total. The van der Waals surface area contributed by atoms with Crippen molar-refractivity contribution < 1.29 is 24.5 Å². The number of aliphatic carboxylic acids is 1. The van der Waals surface area contributed by atoms with E-state index in [0.29, 0.717) is 17.7 Å². The fourth-order valence-corrected chi connectivity index (χ4v) is 2.44. The Bertz CT molecular complexity index is 591. The molecule has 1 atom stereocenters. The standard InChI is InChI=1S/C16H21NO5/c1-16(2,3)11-8-10(4-5-12(11)18)14(19)17-6-7-22-13(9-17)15(20)21/h4-5,8,13,18H,6-7,9H2,1-3H3,(H,20,21). The summed E-state index contributed by atoms with van der Waals surface area (Å²) in [6.07, 6.45) is -0.989. The number of ether oxygens (including phenoxy) is 1. The van der Waals surface area contributed by atoms with Crippen LogP contribution in [0.25, 0.3) is 0 Å². The van der Waals surface area contributed by atoms with Crippen molar-refractivity contribution in [1.29, 1.82) is 0 Å². The minimum Gasteiger partial charge on any atom is -0.508 e. The Kier molecular flexibility index (Phi) is 4.42. The lowest BCUT2D eigenvalue weighted by Gasteiger charge is -2.31. The molecular weight excluding hydrogens is 286 g/mol. The highest BCUT2D eigenvalue weighted by Crippen LogP contribution is 2.31. The van der Waals surface area contributed by atoms with E-state index in [1.54, 1.807) is 12.1 Å². The van der Waals surface area contributed by atoms with Gasteiger partial charge >= 0.3 is 5.97 Å². The van der Waals surface area contributed by atoms with Gasteiger partial charge in [-0.2, -0.15) is 0 Å². The van der Waals surface area contributed by atoms with E-state index in [9.17, 15) is 14.7 Å². The maximum Gasteiger partial charge on any atom is 0.334 e. The van der Waals surface area contributed by atoms with E-state index < -0.39 is 12.1 Å². The average molecular weight is 307 g/mol. The highest BCUT2D eigenvalue weighted by Gasteiger charge is 2.30. The van der Waals surface area contributed by atoms with Crippen LogP contribution in [0.2, 0.25) is 0 Å². The summed E-state index contributed by atoms with van der Waals surface area (Å²) in [6, 6.07) is 4.73. The van der Waals surface area contributed by atoms with Gasteiger partial charge in [0, 0.05) is 17.7 Å². The zero-order valence-electron chi connectivity index (χ0n) is 13.0. The second kappa shape index (κ2) is 5.96. The molecule has 1 fully saturated rings. The van der Waals surface area contributed by atoms with Gasteiger partial charge in [0.2, 0.25) is 0 Å². The van der Waals surface area contributed by atoms with Crippen LogP contribution in [-0.4, -0.2) is 52.8 Å². The van der Waals surface area contributed by atoms with Gasteiger partial charge in [0.1, 0.15) is 5.75 Å². The predicted molar refractivity (Wildman–Crippen MR) is 80.1 cm³/mol. The van der Waals surface area contributed by atoms with Crippen molar-refractivity contribution in [3.63, 3.8) is 0 Å². The predicted octanol–water partition coefficient (Wildman–Crippen LogP) is 1.62. The van der Waals surface area contributed by atoms with Crippen molar-refractivity contribution in [1.82, 2.24) is 4.90 Å². The Labute approximate surface area is 129 Å². The van der Waals surface area contributed by atoms with Gasteiger partial charge in [0.15, 0.2) is 6.10 Å². The van der Waals surface area contributed by atoms with Crippen molar-refractivity contribution in [2.75, 3.05) is 19.7 Å². The maximum atomic E-state index is 12.6. The van der Waals surface area contributed by atoms with Gasteiger partial charge in [-0.05, 0) is 23.6 Å². The number of hydrogen-bond donors (Lipinski definition) is 2. The first-order chi connectivity index (χ1) is 10.2. The van der Waals surface area contributed by atoms with Crippen LogP contribution in [0.4, 0.5) is 0 Å². The van der Waals surface area contributed by atoms with Crippen molar-refractivity contribution >= 4 is 11.9 Å². The van der Waals surface area contributed by atoms with Crippen molar-refractivity contribution in [2.24, 2.45) is 0 Å². The third kappa shape index (κ3) is 3.39. The molecular formula is C16H21NO5. The molecule has 1 aliphatic heterocycles. The average Bonchev–Trinajstić information content (AvgIpc) is 2.46.